The number of amides is 1. The summed E-state index contributed by atoms with van der Waals surface area (Å²) in [4.78, 5) is 12.1. The Kier molecular flexibility index (Phi) is 6.95. The largest absolute Gasteiger partial charge is 0.495 e. The van der Waals surface area contributed by atoms with Gasteiger partial charge >= 0.3 is 0 Å². The van der Waals surface area contributed by atoms with Crippen molar-refractivity contribution in [3.63, 3.8) is 0 Å². The molecule has 2 rings (SSSR count). The van der Waals surface area contributed by atoms with Gasteiger partial charge in [0.25, 0.3) is 0 Å². The second-order valence-corrected chi connectivity index (χ2v) is 5.97. The van der Waals surface area contributed by atoms with Gasteiger partial charge in [0.1, 0.15) is 11.5 Å². The molecule has 0 fully saturated rings. The Morgan fingerprint density at radius 2 is 1.80 bits per heavy atom. The van der Waals surface area contributed by atoms with Gasteiger partial charge in [-0.2, -0.15) is 0 Å². The molecule has 25 heavy (non-hydrogen) atoms. The fourth-order valence-corrected chi connectivity index (χ4v) is 2.68. The Labute approximate surface area is 153 Å². The van der Waals surface area contributed by atoms with Gasteiger partial charge in [-0.05, 0) is 12.5 Å². The Morgan fingerprint density at radius 3 is 2.44 bits per heavy atom. The van der Waals surface area contributed by atoms with E-state index in [1.165, 1.54) is 0 Å². The van der Waals surface area contributed by atoms with E-state index in [-0.39, 0.29) is 11.9 Å². The minimum atomic E-state index is -0.0288. The van der Waals surface area contributed by atoms with E-state index in [0.29, 0.717) is 29.5 Å². The number of carbonyl (C=O) groups is 1. The lowest BCUT2D eigenvalue weighted by Gasteiger charge is -2.16. The molecular formula is C19H23ClN2O3. The summed E-state index contributed by atoms with van der Waals surface area (Å²) in [6.45, 7) is 2.43. The third kappa shape index (κ3) is 5.29. The smallest absolute Gasteiger partial charge is 0.222 e. The van der Waals surface area contributed by atoms with Gasteiger partial charge in [-0.1, -0.05) is 41.9 Å². The highest BCUT2D eigenvalue weighted by Gasteiger charge is 2.12. The molecule has 6 heteroatoms. The fourth-order valence-electron chi connectivity index (χ4n) is 2.45. The molecule has 134 valence electrons. The minimum absolute atomic E-state index is 0.0243. The molecule has 0 saturated heterocycles. The number of rotatable bonds is 8. The van der Waals surface area contributed by atoms with Crippen LogP contribution in [-0.4, -0.2) is 26.7 Å². The van der Waals surface area contributed by atoms with E-state index in [1.807, 2.05) is 37.3 Å². The Morgan fingerprint density at radius 1 is 1.12 bits per heavy atom. The highest BCUT2D eigenvalue weighted by molar-refractivity contribution is 6.32. The van der Waals surface area contributed by atoms with E-state index in [0.717, 1.165) is 11.3 Å². The molecule has 1 atom stereocenters. The third-order valence-corrected chi connectivity index (χ3v) is 4.11. The van der Waals surface area contributed by atoms with E-state index < -0.39 is 0 Å². The number of nitrogens with one attached hydrogen (secondary N) is 2. The zero-order chi connectivity index (χ0) is 18.2. The standard InChI is InChI=1S/C19H23ClN2O3/c1-13(14-7-5-4-6-8-14)22-19(23)9-10-21-16-12-17(24-2)15(20)11-18(16)25-3/h4-8,11-13,21H,9-10H2,1-3H3,(H,22,23). The molecule has 2 N–H and O–H groups in total. The number of anilines is 1. The van der Waals surface area contributed by atoms with Crippen molar-refractivity contribution < 1.29 is 14.3 Å². The van der Waals surface area contributed by atoms with Crippen molar-refractivity contribution in [2.45, 2.75) is 19.4 Å². The van der Waals surface area contributed by atoms with E-state index in [1.54, 1.807) is 26.4 Å². The summed E-state index contributed by atoms with van der Waals surface area (Å²) >= 11 is 6.08. The average molecular weight is 363 g/mol. The zero-order valence-electron chi connectivity index (χ0n) is 14.6. The van der Waals surface area contributed by atoms with Crippen LogP contribution in [-0.2, 0) is 4.79 Å². The normalized spacial score (nSPS) is 11.5. The molecule has 0 aliphatic carbocycles. The molecule has 0 bridgehead atoms. The summed E-state index contributed by atoms with van der Waals surface area (Å²) in [7, 11) is 3.12. The highest BCUT2D eigenvalue weighted by Crippen LogP contribution is 2.35. The molecule has 1 amide bonds. The second-order valence-electron chi connectivity index (χ2n) is 5.56. The van der Waals surface area contributed by atoms with E-state index in [2.05, 4.69) is 10.6 Å². The molecule has 0 saturated carbocycles. The van der Waals surface area contributed by atoms with Crippen molar-refractivity contribution >= 4 is 23.2 Å². The topological polar surface area (TPSA) is 59.6 Å². The summed E-state index contributed by atoms with van der Waals surface area (Å²) in [5.74, 6) is 1.12. The van der Waals surface area contributed by atoms with E-state index in [9.17, 15) is 4.79 Å². The van der Waals surface area contributed by atoms with Gasteiger partial charge in [-0.15, -0.1) is 0 Å². The summed E-state index contributed by atoms with van der Waals surface area (Å²) in [5.41, 5.74) is 1.81. The van der Waals surface area contributed by atoms with Gasteiger partial charge in [0.2, 0.25) is 5.91 Å². The molecule has 1 unspecified atom stereocenters. The van der Waals surface area contributed by atoms with Crippen LogP contribution in [0, 0.1) is 0 Å². The molecule has 0 aliphatic rings. The molecule has 0 aromatic heterocycles. The predicted octanol–water partition coefficient (Wildman–Crippen LogP) is 4.04. The second kappa shape index (κ2) is 9.18. The number of halogens is 1. The van der Waals surface area contributed by atoms with Crippen LogP contribution in [0.15, 0.2) is 42.5 Å². The number of methoxy groups -OCH3 is 2. The average Bonchev–Trinajstić information content (AvgIpc) is 2.63. The van der Waals surface area contributed by atoms with Crippen LogP contribution in [0.4, 0.5) is 5.69 Å². The Balaban J connectivity index is 1.89. The van der Waals surface area contributed by atoms with Crippen molar-refractivity contribution in [2.75, 3.05) is 26.1 Å². The minimum Gasteiger partial charge on any atom is -0.495 e. The maximum absolute atomic E-state index is 12.1. The monoisotopic (exact) mass is 362 g/mol. The first-order valence-electron chi connectivity index (χ1n) is 8.05. The van der Waals surface area contributed by atoms with Crippen molar-refractivity contribution in [3.8, 4) is 11.5 Å². The first-order valence-corrected chi connectivity index (χ1v) is 8.42. The van der Waals surface area contributed by atoms with Gasteiger partial charge < -0.3 is 20.1 Å². The quantitative estimate of drug-likeness (QED) is 0.744. The molecule has 2 aromatic carbocycles. The van der Waals surface area contributed by atoms with Crippen molar-refractivity contribution in [1.82, 2.24) is 5.32 Å². The van der Waals surface area contributed by atoms with E-state index in [4.69, 9.17) is 21.1 Å². The maximum Gasteiger partial charge on any atom is 0.222 e. The lowest BCUT2D eigenvalue weighted by Crippen LogP contribution is -2.28. The first-order chi connectivity index (χ1) is 12.0. The predicted molar refractivity (Wildman–Crippen MR) is 101 cm³/mol. The zero-order valence-corrected chi connectivity index (χ0v) is 15.4. The molecule has 0 radical (unpaired) electrons. The lowest BCUT2D eigenvalue weighted by atomic mass is 10.1. The van der Waals surface area contributed by atoms with Crippen LogP contribution in [0.25, 0.3) is 0 Å². The van der Waals surface area contributed by atoms with E-state index >= 15 is 0 Å². The molecule has 0 heterocycles. The maximum atomic E-state index is 12.1. The van der Waals surface area contributed by atoms with Crippen LogP contribution >= 0.6 is 11.6 Å². The molecular weight excluding hydrogens is 340 g/mol. The number of benzene rings is 2. The van der Waals surface area contributed by atoms with Gasteiger partial charge in [-0.25, -0.2) is 0 Å². The SMILES string of the molecule is COc1cc(NCCC(=O)NC(C)c2ccccc2)c(OC)cc1Cl. The van der Waals surface area contributed by atoms with Gasteiger partial charge in [0.15, 0.2) is 0 Å². The van der Waals surface area contributed by atoms with Crippen LogP contribution in [0.3, 0.4) is 0 Å². The van der Waals surface area contributed by atoms with Crippen LogP contribution in [0.5, 0.6) is 11.5 Å². The van der Waals surface area contributed by atoms with Crippen molar-refractivity contribution in [3.05, 3.63) is 53.1 Å². The van der Waals surface area contributed by atoms with Crippen LogP contribution in [0.1, 0.15) is 24.9 Å². The van der Waals surface area contributed by atoms with Crippen molar-refractivity contribution in [1.29, 1.82) is 0 Å². The van der Waals surface area contributed by atoms with Gasteiger partial charge in [-0.3, -0.25) is 4.79 Å². The lowest BCUT2D eigenvalue weighted by molar-refractivity contribution is -0.121. The Bertz CT molecular complexity index is 707. The Hall–Kier alpha value is -2.40. The highest BCUT2D eigenvalue weighted by atomic mass is 35.5. The molecule has 2 aromatic rings. The van der Waals surface area contributed by atoms with Crippen LogP contribution < -0.4 is 20.1 Å². The summed E-state index contributed by atoms with van der Waals surface area (Å²) in [5, 5.41) is 6.64. The van der Waals surface area contributed by atoms with Crippen LogP contribution in [0.2, 0.25) is 5.02 Å². The fraction of sp³-hybridized carbons (Fsp3) is 0.316. The van der Waals surface area contributed by atoms with Gasteiger partial charge in [0.05, 0.1) is 31.0 Å². The summed E-state index contributed by atoms with van der Waals surface area (Å²) < 4.78 is 10.5. The number of ether oxygens (including phenoxy) is 2. The first kappa shape index (κ1) is 18.9. The third-order valence-electron chi connectivity index (χ3n) is 3.82. The molecule has 5 nitrogen and oxygen atoms in total. The number of hydrogen-bond donors (Lipinski definition) is 2. The molecule has 0 aliphatic heterocycles. The summed E-state index contributed by atoms with van der Waals surface area (Å²) in [6, 6.07) is 13.3. The van der Waals surface area contributed by atoms with Crippen molar-refractivity contribution in [2.24, 2.45) is 0 Å². The number of hydrogen-bond acceptors (Lipinski definition) is 4. The van der Waals surface area contributed by atoms with Gasteiger partial charge in [0, 0.05) is 25.1 Å². The number of carbonyl (C=O) groups excluding carboxylic acids is 1. The summed E-state index contributed by atoms with van der Waals surface area (Å²) in [6.07, 6.45) is 0.339. The molecule has 0 spiro atoms.